The van der Waals surface area contributed by atoms with Gasteiger partial charge in [-0.2, -0.15) is 0 Å². The van der Waals surface area contributed by atoms with Crippen LogP contribution in [0.5, 0.6) is 0 Å². The van der Waals surface area contributed by atoms with E-state index in [2.05, 4.69) is 169 Å². The number of benzene rings is 7. The molecule has 1 heterocycles. The quantitative estimate of drug-likeness (QED) is 0.178. The zero-order valence-electron chi connectivity index (χ0n) is 22.9. The van der Waals surface area contributed by atoms with Gasteiger partial charge in [-0.15, -0.1) is 0 Å². The van der Waals surface area contributed by atoms with E-state index in [1.807, 2.05) is 0 Å². The summed E-state index contributed by atoms with van der Waals surface area (Å²) in [5.74, 6) is 0. The van der Waals surface area contributed by atoms with Crippen LogP contribution in [-0.2, 0) is 0 Å². The van der Waals surface area contributed by atoms with Gasteiger partial charge in [0.05, 0.1) is 0 Å². The Labute approximate surface area is 251 Å². The Morgan fingerprint density at radius 1 is 0.357 bits per heavy atom. The van der Waals surface area contributed by atoms with Crippen molar-refractivity contribution < 1.29 is 0 Å². The molecule has 0 atom stereocenters. The van der Waals surface area contributed by atoms with Crippen LogP contribution in [0.2, 0.25) is 0 Å². The van der Waals surface area contributed by atoms with E-state index in [4.69, 9.17) is 0 Å². The third-order valence-corrected chi connectivity index (χ3v) is 10.6. The smallest absolute Gasteiger partial charge is 0.0544 e. The van der Waals surface area contributed by atoms with Gasteiger partial charge >= 0.3 is 217 Å². The Kier molecular flexibility index (Phi) is 6.22. The first-order chi connectivity index (χ1) is 20.8. The molecule has 1 nitrogen and oxygen atoms in total. The van der Waals surface area contributed by atoms with Crippen LogP contribution in [0.25, 0.3) is 52.3 Å². The van der Waals surface area contributed by atoms with Gasteiger partial charge in [0.2, 0.25) is 0 Å². The van der Waals surface area contributed by atoms with E-state index in [1.165, 1.54) is 52.3 Å². The van der Waals surface area contributed by atoms with E-state index in [1.54, 1.807) is 0 Å². The van der Waals surface area contributed by atoms with Crippen LogP contribution in [0.4, 0.5) is 17.1 Å². The molecule has 42 heavy (non-hydrogen) atoms. The Bertz CT molecular complexity index is 2180. The maximum absolute atomic E-state index is 2.40. The molecule has 0 aliphatic heterocycles. The van der Waals surface area contributed by atoms with Gasteiger partial charge in [-0.05, 0) is 5.56 Å². The Hall–Kier alpha value is -4.88. The summed E-state index contributed by atoms with van der Waals surface area (Å²) in [7, 11) is 0. The number of para-hydroxylation sites is 1. The zero-order chi connectivity index (χ0) is 27.9. The summed E-state index contributed by atoms with van der Waals surface area (Å²) in [5.41, 5.74) is 8.33. The zero-order valence-corrected chi connectivity index (χ0v) is 24.7. The molecule has 2 heteroatoms. The summed E-state index contributed by atoms with van der Waals surface area (Å²) >= 11 is 0.321. The Balaban J connectivity index is 1.22. The minimum atomic E-state index is 0.321. The Morgan fingerprint density at radius 2 is 0.976 bits per heavy atom. The number of hydrogen-bond acceptors (Lipinski definition) is 1. The third-order valence-electron chi connectivity index (χ3n) is 8.05. The fraction of sp³-hybridized carbons (Fsp3) is 0. The predicted octanol–water partition coefficient (Wildman–Crippen LogP) is 11.0. The standard InChI is InChI=1S/C40H27NSe/c1-3-10-28(11-4-1)29-18-22-34(23-19-29)41(33-14-5-2-6-15-33)35-16-9-13-31(26-35)32-21-25-39-38(27-32)37-24-20-30-12-7-8-17-36(30)40(37)42-39/h1-27H. The van der Waals surface area contributed by atoms with E-state index in [0.717, 1.165) is 17.1 Å². The number of hydrogen-bond donors (Lipinski definition) is 0. The first kappa shape index (κ1) is 24.9. The summed E-state index contributed by atoms with van der Waals surface area (Å²) in [5, 5.41) is 5.50. The molecule has 0 unspecified atom stereocenters. The van der Waals surface area contributed by atoms with Gasteiger partial charge in [-0.25, -0.2) is 0 Å². The van der Waals surface area contributed by atoms with Gasteiger partial charge in [-0.1, -0.05) is 30.3 Å². The molecule has 1 aromatic heterocycles. The number of nitrogens with zero attached hydrogens (tertiary/aromatic N) is 1. The van der Waals surface area contributed by atoms with Gasteiger partial charge in [0.25, 0.3) is 0 Å². The molecule has 0 amide bonds. The number of anilines is 3. The molecular formula is C40H27NSe. The molecule has 8 rings (SSSR count). The van der Waals surface area contributed by atoms with Crippen LogP contribution in [0, 0.1) is 0 Å². The second kappa shape index (κ2) is 10.5. The topological polar surface area (TPSA) is 3.24 Å². The molecule has 7 aromatic carbocycles. The van der Waals surface area contributed by atoms with E-state index >= 15 is 0 Å². The molecule has 0 aliphatic rings. The third kappa shape index (κ3) is 4.43. The van der Waals surface area contributed by atoms with Crippen LogP contribution in [-0.4, -0.2) is 14.5 Å². The van der Waals surface area contributed by atoms with Gasteiger partial charge in [0.1, 0.15) is 0 Å². The molecule has 0 saturated heterocycles. The Morgan fingerprint density at radius 3 is 1.81 bits per heavy atom. The van der Waals surface area contributed by atoms with Crippen molar-refractivity contribution >= 4 is 61.6 Å². The first-order valence-corrected chi connectivity index (χ1v) is 16.0. The van der Waals surface area contributed by atoms with E-state index < -0.39 is 0 Å². The SMILES string of the molecule is c1ccc(-c2ccc(N(c3ccccc3)c3cccc(-c4ccc5[se]c6c7ccccc7ccc6c5c4)c3)cc2)cc1. The summed E-state index contributed by atoms with van der Waals surface area (Å²) < 4.78 is 2.98. The minimum Gasteiger partial charge on any atom is -0.0617 e. The summed E-state index contributed by atoms with van der Waals surface area (Å²) in [6.07, 6.45) is 0. The predicted molar refractivity (Wildman–Crippen MR) is 181 cm³/mol. The molecule has 0 fully saturated rings. The molecule has 0 spiro atoms. The molecule has 0 N–H and O–H groups in total. The molecule has 0 aliphatic carbocycles. The average Bonchev–Trinajstić information content (AvgIpc) is 3.45. The molecular weight excluding hydrogens is 573 g/mol. The summed E-state index contributed by atoms with van der Waals surface area (Å²) in [6.45, 7) is 0. The van der Waals surface area contributed by atoms with Crippen molar-refractivity contribution in [2.45, 2.75) is 0 Å². The summed E-state index contributed by atoms with van der Waals surface area (Å²) in [6, 6.07) is 59.4. The van der Waals surface area contributed by atoms with Crippen molar-refractivity contribution in [2.24, 2.45) is 0 Å². The molecule has 0 bridgehead atoms. The molecule has 0 radical (unpaired) electrons. The molecule has 8 aromatic rings. The van der Waals surface area contributed by atoms with Crippen molar-refractivity contribution in [1.82, 2.24) is 0 Å². The molecule has 0 saturated carbocycles. The van der Waals surface area contributed by atoms with Gasteiger partial charge < -0.3 is 0 Å². The van der Waals surface area contributed by atoms with Crippen molar-refractivity contribution in [3.05, 3.63) is 164 Å². The van der Waals surface area contributed by atoms with Crippen molar-refractivity contribution in [3.8, 4) is 22.3 Å². The normalized spacial score (nSPS) is 11.3. The van der Waals surface area contributed by atoms with Crippen LogP contribution < -0.4 is 4.90 Å². The second-order valence-corrected chi connectivity index (χ2v) is 12.8. The van der Waals surface area contributed by atoms with Crippen LogP contribution in [0.3, 0.4) is 0 Å². The van der Waals surface area contributed by atoms with Crippen molar-refractivity contribution in [3.63, 3.8) is 0 Å². The van der Waals surface area contributed by atoms with E-state index in [9.17, 15) is 0 Å². The van der Waals surface area contributed by atoms with Crippen LogP contribution >= 0.6 is 0 Å². The van der Waals surface area contributed by atoms with Crippen LogP contribution in [0.15, 0.2) is 164 Å². The fourth-order valence-electron chi connectivity index (χ4n) is 5.97. The van der Waals surface area contributed by atoms with Crippen molar-refractivity contribution in [1.29, 1.82) is 0 Å². The second-order valence-electron chi connectivity index (χ2n) is 10.6. The number of rotatable bonds is 5. The summed E-state index contributed by atoms with van der Waals surface area (Å²) in [4.78, 5) is 2.34. The van der Waals surface area contributed by atoms with E-state index in [-0.39, 0.29) is 0 Å². The van der Waals surface area contributed by atoms with Gasteiger partial charge in [0.15, 0.2) is 0 Å². The fourth-order valence-corrected chi connectivity index (χ4v) is 8.52. The van der Waals surface area contributed by atoms with Gasteiger partial charge in [-0.3, -0.25) is 0 Å². The van der Waals surface area contributed by atoms with Crippen LogP contribution in [0.1, 0.15) is 0 Å². The monoisotopic (exact) mass is 601 g/mol. The largest absolute Gasteiger partial charge is 0.0617 e. The average molecular weight is 601 g/mol. The minimum absolute atomic E-state index is 0.321. The van der Waals surface area contributed by atoms with Gasteiger partial charge in [0, 0.05) is 0 Å². The van der Waals surface area contributed by atoms with E-state index in [0.29, 0.717) is 14.5 Å². The molecule has 198 valence electrons. The van der Waals surface area contributed by atoms with Crippen molar-refractivity contribution in [2.75, 3.05) is 4.90 Å². The number of fused-ring (bicyclic) bond motifs is 5. The first-order valence-electron chi connectivity index (χ1n) is 14.3. The maximum Gasteiger partial charge on any atom is -0.0544 e. The maximum atomic E-state index is 2.40.